The number of benzene rings is 4. The zero-order chi connectivity index (χ0) is 39.1. The number of nitrogens with zero attached hydrogens (tertiary/aromatic N) is 1. The van der Waals surface area contributed by atoms with E-state index in [1.165, 1.54) is 22.5 Å². The number of carbonyl (C=O) groups is 1. The van der Waals surface area contributed by atoms with E-state index in [0.29, 0.717) is 42.9 Å². The standard InChI is InChI=1S/C43H53F3INO3Si2/c1-41(2,3)52(7,8)50-31-29-34(18-17-30-51-53(42(4,5)6,36-19-11-9-12-20-36)37-21-13-10-14-22-37)40(49)48(39-24-16-15-23-38(39)47)32-33-25-27-35(28-26-33)43(44,45)46/h9-16,18-28H,17,29-32H2,1-8H3/b34-18+. The number of para-hydroxylation sites is 1. The van der Waals surface area contributed by atoms with Crippen molar-refractivity contribution in [3.05, 3.63) is 136 Å². The Balaban J connectivity index is 1.71. The fraction of sp³-hybridized carbons (Fsp3) is 0.372. The highest BCUT2D eigenvalue weighted by atomic mass is 127. The topological polar surface area (TPSA) is 38.8 Å². The summed E-state index contributed by atoms with van der Waals surface area (Å²) in [4.78, 5) is 16.4. The van der Waals surface area contributed by atoms with E-state index in [-0.39, 0.29) is 22.5 Å². The maximum Gasteiger partial charge on any atom is 0.416 e. The summed E-state index contributed by atoms with van der Waals surface area (Å²) in [6.45, 7) is 18.5. The van der Waals surface area contributed by atoms with E-state index in [9.17, 15) is 18.0 Å². The van der Waals surface area contributed by atoms with Gasteiger partial charge in [0.05, 0.1) is 17.8 Å². The van der Waals surface area contributed by atoms with E-state index >= 15 is 0 Å². The lowest BCUT2D eigenvalue weighted by atomic mass is 10.1. The van der Waals surface area contributed by atoms with Crippen molar-refractivity contribution in [1.82, 2.24) is 0 Å². The second kappa shape index (κ2) is 17.6. The van der Waals surface area contributed by atoms with Crippen LogP contribution in [0.25, 0.3) is 0 Å². The summed E-state index contributed by atoms with van der Waals surface area (Å²) in [5, 5.41) is 2.17. The molecule has 0 aromatic heterocycles. The molecule has 0 bridgehead atoms. The van der Waals surface area contributed by atoms with Gasteiger partial charge in [-0.1, -0.05) is 133 Å². The third kappa shape index (κ3) is 10.6. The predicted octanol–water partition coefficient (Wildman–Crippen LogP) is 11.1. The van der Waals surface area contributed by atoms with Gasteiger partial charge in [0.1, 0.15) is 0 Å². The highest BCUT2D eigenvalue weighted by molar-refractivity contribution is 14.1. The fourth-order valence-corrected chi connectivity index (χ4v) is 12.5. The van der Waals surface area contributed by atoms with Crippen LogP contribution in [0.15, 0.2) is 121 Å². The summed E-state index contributed by atoms with van der Waals surface area (Å²) in [6, 6.07) is 33.5. The Morgan fingerprint density at radius 3 is 1.74 bits per heavy atom. The summed E-state index contributed by atoms with van der Waals surface area (Å²) in [7, 11) is -4.91. The number of hydrogen-bond donors (Lipinski definition) is 0. The highest BCUT2D eigenvalue weighted by Crippen LogP contribution is 2.38. The van der Waals surface area contributed by atoms with Crippen molar-refractivity contribution in [3.63, 3.8) is 0 Å². The lowest BCUT2D eigenvalue weighted by Crippen LogP contribution is -2.66. The molecule has 0 radical (unpaired) electrons. The minimum atomic E-state index is -4.45. The second-order valence-corrected chi connectivity index (χ2v) is 26.2. The van der Waals surface area contributed by atoms with Crippen LogP contribution in [0.3, 0.4) is 0 Å². The van der Waals surface area contributed by atoms with E-state index in [4.69, 9.17) is 8.85 Å². The first-order valence-electron chi connectivity index (χ1n) is 18.1. The van der Waals surface area contributed by atoms with Gasteiger partial charge in [0, 0.05) is 22.4 Å². The molecule has 284 valence electrons. The zero-order valence-corrected chi connectivity index (χ0v) is 36.3. The molecule has 0 saturated heterocycles. The van der Waals surface area contributed by atoms with Crippen LogP contribution >= 0.6 is 22.6 Å². The molecule has 0 spiro atoms. The smallest absolute Gasteiger partial charge is 0.416 e. The highest BCUT2D eigenvalue weighted by Gasteiger charge is 2.50. The van der Waals surface area contributed by atoms with Crippen LogP contribution in [0.2, 0.25) is 23.2 Å². The summed E-state index contributed by atoms with van der Waals surface area (Å²) in [5.41, 5.74) is 1.15. The predicted molar refractivity (Wildman–Crippen MR) is 226 cm³/mol. The summed E-state index contributed by atoms with van der Waals surface area (Å²) in [5.74, 6) is -0.210. The molecule has 53 heavy (non-hydrogen) atoms. The Morgan fingerprint density at radius 2 is 1.25 bits per heavy atom. The molecule has 4 rings (SSSR count). The molecular weight excluding hydrogens is 819 g/mol. The van der Waals surface area contributed by atoms with Gasteiger partial charge in [0.2, 0.25) is 0 Å². The lowest BCUT2D eigenvalue weighted by molar-refractivity contribution is -0.137. The van der Waals surface area contributed by atoms with Gasteiger partial charge in [-0.2, -0.15) is 13.2 Å². The Labute approximate surface area is 330 Å². The first kappa shape index (κ1) is 42.7. The molecule has 10 heteroatoms. The van der Waals surface area contributed by atoms with Gasteiger partial charge < -0.3 is 13.8 Å². The Bertz CT molecular complexity index is 1780. The molecule has 0 heterocycles. The van der Waals surface area contributed by atoms with Gasteiger partial charge in [0.25, 0.3) is 14.2 Å². The van der Waals surface area contributed by atoms with E-state index in [0.717, 1.165) is 15.7 Å². The molecule has 4 aromatic rings. The maximum absolute atomic E-state index is 14.8. The third-order valence-corrected chi connectivity index (χ3v) is 20.7. The molecule has 0 unspecified atom stereocenters. The Hall–Kier alpha value is -3.04. The minimum Gasteiger partial charge on any atom is -0.416 e. The zero-order valence-electron chi connectivity index (χ0n) is 32.2. The molecule has 0 aliphatic heterocycles. The summed E-state index contributed by atoms with van der Waals surface area (Å²) in [6.07, 6.45) is -1.59. The number of halogens is 4. The van der Waals surface area contributed by atoms with Crippen LogP contribution in [-0.2, 0) is 26.4 Å². The van der Waals surface area contributed by atoms with Crippen molar-refractivity contribution in [1.29, 1.82) is 0 Å². The molecule has 1 amide bonds. The number of alkyl halides is 3. The Kier molecular flexibility index (Phi) is 14.2. The molecule has 0 fully saturated rings. The minimum absolute atomic E-state index is 0.000713. The van der Waals surface area contributed by atoms with Crippen LogP contribution in [0.5, 0.6) is 0 Å². The molecule has 0 saturated carbocycles. The average Bonchev–Trinajstić information content (AvgIpc) is 3.09. The van der Waals surface area contributed by atoms with E-state index in [1.807, 2.05) is 42.5 Å². The van der Waals surface area contributed by atoms with Gasteiger partial charge in [-0.15, -0.1) is 0 Å². The molecule has 0 atom stereocenters. The van der Waals surface area contributed by atoms with E-state index < -0.39 is 28.4 Å². The molecular formula is C43H53F3INO3Si2. The van der Waals surface area contributed by atoms with Crippen molar-refractivity contribution < 1.29 is 26.8 Å². The number of anilines is 1. The first-order chi connectivity index (χ1) is 24.8. The van der Waals surface area contributed by atoms with Gasteiger partial charge in [-0.25, -0.2) is 0 Å². The number of hydrogen-bond acceptors (Lipinski definition) is 3. The van der Waals surface area contributed by atoms with Crippen molar-refractivity contribution >= 4 is 61.2 Å². The largest absolute Gasteiger partial charge is 0.416 e. The molecule has 0 aliphatic carbocycles. The van der Waals surface area contributed by atoms with Gasteiger partial charge in [-0.05, 0) is 98.8 Å². The number of amides is 1. The average molecular weight is 872 g/mol. The normalized spacial score (nSPS) is 13.2. The Morgan fingerprint density at radius 1 is 0.717 bits per heavy atom. The van der Waals surface area contributed by atoms with Gasteiger partial charge in [-0.3, -0.25) is 4.79 Å². The quantitative estimate of drug-likeness (QED) is 0.0548. The monoisotopic (exact) mass is 871 g/mol. The molecule has 0 aliphatic rings. The number of carbonyl (C=O) groups excluding carboxylic acids is 1. The van der Waals surface area contributed by atoms with Crippen molar-refractivity contribution in [3.8, 4) is 0 Å². The van der Waals surface area contributed by atoms with Crippen LogP contribution in [0, 0.1) is 3.57 Å². The van der Waals surface area contributed by atoms with Crippen LogP contribution < -0.4 is 15.3 Å². The molecule has 0 N–H and O–H groups in total. The molecule has 4 nitrogen and oxygen atoms in total. The van der Waals surface area contributed by atoms with Crippen LogP contribution in [0.1, 0.15) is 65.5 Å². The van der Waals surface area contributed by atoms with Gasteiger partial charge >= 0.3 is 6.18 Å². The third-order valence-electron chi connectivity index (χ3n) is 10.2. The second-order valence-electron chi connectivity index (χ2n) is 15.9. The first-order valence-corrected chi connectivity index (χ1v) is 24.0. The maximum atomic E-state index is 14.8. The summed E-state index contributed by atoms with van der Waals surface area (Å²) >= 11 is 2.20. The van der Waals surface area contributed by atoms with Crippen molar-refractivity contribution in [2.45, 2.75) is 90.3 Å². The van der Waals surface area contributed by atoms with Crippen LogP contribution in [-0.4, -0.2) is 35.8 Å². The van der Waals surface area contributed by atoms with Crippen LogP contribution in [0.4, 0.5) is 18.9 Å². The molecule has 4 aromatic carbocycles. The van der Waals surface area contributed by atoms with E-state index in [2.05, 4.69) is 126 Å². The van der Waals surface area contributed by atoms with E-state index in [1.54, 1.807) is 4.90 Å². The van der Waals surface area contributed by atoms with Crippen molar-refractivity contribution in [2.75, 3.05) is 18.1 Å². The van der Waals surface area contributed by atoms with Gasteiger partial charge in [0.15, 0.2) is 8.32 Å². The number of rotatable bonds is 14. The SMILES string of the molecule is CC(C)(C)[Si](C)(C)OCC/C(=C\CCO[Si](c1ccccc1)(c1ccccc1)C(C)(C)C)C(=O)N(Cc1ccc(C(F)(F)F)cc1)c1ccccc1I. The summed E-state index contributed by atoms with van der Waals surface area (Å²) < 4.78 is 54.8. The van der Waals surface area contributed by atoms with Crippen molar-refractivity contribution in [2.24, 2.45) is 0 Å². The lowest BCUT2D eigenvalue weighted by Gasteiger charge is -2.43. The fourth-order valence-electron chi connectivity index (χ4n) is 6.23.